The fraction of sp³-hybridized carbons (Fsp3) is 0.273. The average molecular weight is 363 g/mol. The van der Waals surface area contributed by atoms with Crippen molar-refractivity contribution in [1.82, 2.24) is 14.9 Å². The second kappa shape index (κ2) is 9.03. The van der Waals surface area contributed by atoms with Crippen molar-refractivity contribution in [2.24, 2.45) is 7.05 Å². The van der Waals surface area contributed by atoms with Crippen LogP contribution in [0, 0.1) is 0 Å². The van der Waals surface area contributed by atoms with Gasteiger partial charge in [0.25, 0.3) is 5.91 Å². The van der Waals surface area contributed by atoms with Crippen molar-refractivity contribution in [3.8, 4) is 5.75 Å². The number of aromatic nitrogens is 2. The molecule has 1 atom stereocenters. The van der Waals surface area contributed by atoms with E-state index < -0.39 is 0 Å². The number of nitrogens with one attached hydrogen (secondary N) is 1. The van der Waals surface area contributed by atoms with Gasteiger partial charge in [0.1, 0.15) is 18.2 Å². The SMILES string of the molecule is CCC[C@H](NC(=O)c1ccc(OCc2nccn2C)cc1)c1ccccc1. The molecule has 0 spiro atoms. The summed E-state index contributed by atoms with van der Waals surface area (Å²) in [6.07, 6.45) is 5.53. The fourth-order valence-electron chi connectivity index (χ4n) is 2.92. The highest BCUT2D eigenvalue weighted by molar-refractivity contribution is 5.94. The topological polar surface area (TPSA) is 56.1 Å². The van der Waals surface area contributed by atoms with Crippen LogP contribution in [0.2, 0.25) is 0 Å². The molecular weight excluding hydrogens is 338 g/mol. The average Bonchev–Trinajstić information content (AvgIpc) is 3.12. The lowest BCUT2D eigenvalue weighted by Gasteiger charge is -2.18. The zero-order chi connectivity index (χ0) is 19.1. The zero-order valence-electron chi connectivity index (χ0n) is 15.8. The molecule has 0 radical (unpaired) electrons. The minimum absolute atomic E-state index is 0.0167. The van der Waals surface area contributed by atoms with E-state index in [1.54, 1.807) is 18.3 Å². The van der Waals surface area contributed by atoms with Crippen LogP contribution in [0.1, 0.15) is 47.6 Å². The van der Waals surface area contributed by atoms with Gasteiger partial charge in [-0.05, 0) is 36.2 Å². The van der Waals surface area contributed by atoms with E-state index in [4.69, 9.17) is 4.74 Å². The van der Waals surface area contributed by atoms with Gasteiger partial charge in [0.05, 0.1) is 6.04 Å². The Kier molecular flexibility index (Phi) is 6.26. The first-order valence-corrected chi connectivity index (χ1v) is 9.22. The van der Waals surface area contributed by atoms with Crippen LogP contribution in [-0.2, 0) is 13.7 Å². The Balaban J connectivity index is 1.61. The van der Waals surface area contributed by atoms with Crippen molar-refractivity contribution in [3.05, 3.63) is 83.9 Å². The van der Waals surface area contributed by atoms with Crippen LogP contribution >= 0.6 is 0 Å². The van der Waals surface area contributed by atoms with Gasteiger partial charge in [0.15, 0.2) is 0 Å². The molecule has 2 aromatic carbocycles. The zero-order valence-corrected chi connectivity index (χ0v) is 15.8. The number of aryl methyl sites for hydroxylation is 1. The van der Waals surface area contributed by atoms with Crippen LogP contribution in [-0.4, -0.2) is 15.5 Å². The Labute approximate surface area is 160 Å². The lowest BCUT2D eigenvalue weighted by Crippen LogP contribution is -2.28. The van der Waals surface area contributed by atoms with Crippen LogP contribution in [0.25, 0.3) is 0 Å². The minimum Gasteiger partial charge on any atom is -0.486 e. The highest BCUT2D eigenvalue weighted by atomic mass is 16.5. The van der Waals surface area contributed by atoms with Crippen molar-refractivity contribution in [1.29, 1.82) is 0 Å². The number of imidazole rings is 1. The summed E-state index contributed by atoms with van der Waals surface area (Å²) in [7, 11) is 1.93. The summed E-state index contributed by atoms with van der Waals surface area (Å²) in [5.41, 5.74) is 1.75. The molecule has 0 saturated heterocycles. The van der Waals surface area contributed by atoms with Gasteiger partial charge in [-0.15, -0.1) is 0 Å². The number of rotatable bonds is 8. The third kappa shape index (κ3) is 4.97. The Bertz CT molecular complexity index is 857. The molecule has 5 heteroatoms. The third-order valence-corrected chi connectivity index (χ3v) is 4.49. The van der Waals surface area contributed by atoms with Crippen molar-refractivity contribution in [2.75, 3.05) is 0 Å². The van der Waals surface area contributed by atoms with Crippen LogP contribution < -0.4 is 10.1 Å². The largest absolute Gasteiger partial charge is 0.486 e. The number of hydrogen-bond donors (Lipinski definition) is 1. The molecule has 1 heterocycles. The normalized spacial score (nSPS) is 11.8. The summed E-state index contributed by atoms with van der Waals surface area (Å²) < 4.78 is 7.66. The van der Waals surface area contributed by atoms with Gasteiger partial charge < -0.3 is 14.6 Å². The summed E-state index contributed by atoms with van der Waals surface area (Å²) in [4.78, 5) is 16.9. The Morgan fingerprint density at radius 3 is 2.52 bits per heavy atom. The number of benzene rings is 2. The molecule has 1 aromatic heterocycles. The second-order valence-electron chi connectivity index (χ2n) is 6.49. The van der Waals surface area contributed by atoms with Crippen molar-refractivity contribution >= 4 is 5.91 Å². The van der Waals surface area contributed by atoms with E-state index in [9.17, 15) is 4.79 Å². The molecule has 0 aliphatic carbocycles. The van der Waals surface area contributed by atoms with Crippen molar-refractivity contribution < 1.29 is 9.53 Å². The number of carbonyl (C=O) groups is 1. The summed E-state index contributed by atoms with van der Waals surface area (Å²) >= 11 is 0. The van der Waals surface area contributed by atoms with E-state index in [-0.39, 0.29) is 11.9 Å². The predicted octanol–water partition coefficient (Wildman–Crippen LogP) is 4.27. The molecular formula is C22H25N3O2. The molecule has 27 heavy (non-hydrogen) atoms. The van der Waals surface area contributed by atoms with Gasteiger partial charge in [-0.1, -0.05) is 43.7 Å². The molecule has 1 N–H and O–H groups in total. The van der Waals surface area contributed by atoms with E-state index in [0.717, 1.165) is 24.2 Å². The first-order valence-electron chi connectivity index (χ1n) is 9.22. The van der Waals surface area contributed by atoms with Gasteiger partial charge in [-0.2, -0.15) is 0 Å². The maximum Gasteiger partial charge on any atom is 0.251 e. The minimum atomic E-state index is -0.0760. The number of hydrogen-bond acceptors (Lipinski definition) is 3. The summed E-state index contributed by atoms with van der Waals surface area (Å²) in [6, 6.07) is 17.3. The first kappa shape index (κ1) is 18.7. The van der Waals surface area contributed by atoms with Crippen molar-refractivity contribution in [3.63, 3.8) is 0 Å². The smallest absolute Gasteiger partial charge is 0.251 e. The molecule has 5 nitrogen and oxygen atoms in total. The van der Waals surface area contributed by atoms with Crippen molar-refractivity contribution in [2.45, 2.75) is 32.4 Å². The van der Waals surface area contributed by atoms with E-state index in [2.05, 4.69) is 29.4 Å². The standard InChI is InChI=1S/C22H25N3O2/c1-3-7-20(17-8-5-4-6-9-17)24-22(26)18-10-12-19(13-11-18)27-16-21-23-14-15-25(21)2/h4-6,8-15,20H,3,7,16H2,1-2H3,(H,24,26)/t20-/m0/s1. The van der Waals surface area contributed by atoms with Gasteiger partial charge in [-0.25, -0.2) is 4.98 Å². The maximum atomic E-state index is 12.6. The van der Waals surface area contributed by atoms with Crippen LogP contribution in [0.15, 0.2) is 67.0 Å². The Morgan fingerprint density at radius 1 is 1.15 bits per heavy atom. The molecule has 0 saturated carbocycles. The quantitative estimate of drug-likeness (QED) is 0.650. The Hall–Kier alpha value is -3.08. The molecule has 0 aliphatic rings. The molecule has 3 rings (SSSR count). The molecule has 0 aliphatic heterocycles. The van der Waals surface area contributed by atoms with Crippen LogP contribution in [0.4, 0.5) is 0 Å². The van der Waals surface area contributed by atoms with E-state index in [0.29, 0.717) is 17.9 Å². The van der Waals surface area contributed by atoms with Crippen LogP contribution in [0.3, 0.4) is 0 Å². The second-order valence-corrected chi connectivity index (χ2v) is 6.49. The van der Waals surface area contributed by atoms with Gasteiger partial charge in [-0.3, -0.25) is 4.79 Å². The van der Waals surface area contributed by atoms with E-state index in [1.165, 1.54) is 0 Å². The summed E-state index contributed by atoms with van der Waals surface area (Å²) in [6.45, 7) is 2.51. The number of nitrogens with zero attached hydrogens (tertiary/aromatic N) is 2. The van der Waals surface area contributed by atoms with E-state index >= 15 is 0 Å². The molecule has 1 amide bonds. The van der Waals surface area contributed by atoms with Crippen LogP contribution in [0.5, 0.6) is 5.75 Å². The number of amides is 1. The van der Waals surface area contributed by atoms with Gasteiger partial charge >= 0.3 is 0 Å². The fourth-order valence-corrected chi connectivity index (χ4v) is 2.92. The molecule has 3 aromatic rings. The lowest BCUT2D eigenvalue weighted by molar-refractivity contribution is 0.0934. The first-order chi connectivity index (χ1) is 13.2. The lowest BCUT2D eigenvalue weighted by atomic mass is 10.0. The molecule has 0 fully saturated rings. The Morgan fingerprint density at radius 2 is 1.89 bits per heavy atom. The molecule has 140 valence electrons. The summed E-state index contributed by atoms with van der Waals surface area (Å²) in [5.74, 6) is 1.48. The monoisotopic (exact) mass is 363 g/mol. The third-order valence-electron chi connectivity index (χ3n) is 4.49. The maximum absolute atomic E-state index is 12.6. The van der Waals surface area contributed by atoms with E-state index in [1.807, 2.05) is 48.1 Å². The molecule has 0 unspecified atom stereocenters. The highest BCUT2D eigenvalue weighted by Gasteiger charge is 2.15. The number of ether oxygens (including phenoxy) is 1. The molecule has 0 bridgehead atoms. The highest BCUT2D eigenvalue weighted by Crippen LogP contribution is 2.20. The van der Waals surface area contributed by atoms with Gasteiger partial charge in [0, 0.05) is 25.0 Å². The summed E-state index contributed by atoms with van der Waals surface area (Å²) in [5, 5.41) is 3.14. The number of carbonyl (C=O) groups excluding carboxylic acids is 1. The predicted molar refractivity (Wildman–Crippen MR) is 106 cm³/mol. The van der Waals surface area contributed by atoms with Gasteiger partial charge in [0.2, 0.25) is 0 Å².